The van der Waals surface area contributed by atoms with Gasteiger partial charge in [0.05, 0.1) is 31.1 Å². The number of hydrogen-bond acceptors (Lipinski definition) is 9. The second kappa shape index (κ2) is 11.5. The van der Waals surface area contributed by atoms with Gasteiger partial charge >= 0.3 is 11.9 Å². The molecule has 2 heterocycles. The Kier molecular flexibility index (Phi) is 8.68. The minimum absolute atomic E-state index is 0.0573. The maximum absolute atomic E-state index is 12.7. The molecule has 0 bridgehead atoms. The number of carbonyl (C=O) groups is 3. The molecule has 0 aliphatic rings. The largest absolute Gasteiger partial charge is 0.465 e. The van der Waals surface area contributed by atoms with E-state index in [-0.39, 0.29) is 34.5 Å². The molecule has 0 saturated carbocycles. The van der Waals surface area contributed by atoms with E-state index in [1.807, 2.05) is 18.4 Å². The zero-order chi connectivity index (χ0) is 25.7. The number of benzene rings is 1. The highest BCUT2D eigenvalue weighted by Gasteiger charge is 2.20. The van der Waals surface area contributed by atoms with Crippen molar-refractivity contribution in [1.82, 2.24) is 14.8 Å². The summed E-state index contributed by atoms with van der Waals surface area (Å²) in [5.41, 5.74) is 1.54. The van der Waals surface area contributed by atoms with Gasteiger partial charge in [-0.15, -0.1) is 21.5 Å². The maximum Gasteiger partial charge on any atom is 0.337 e. The number of hydrogen-bond donors (Lipinski definition) is 1. The molecule has 0 fully saturated rings. The number of esters is 2. The number of carbonyl (C=O) groups excluding carboxylic acids is 3. The molecule has 0 spiro atoms. The van der Waals surface area contributed by atoms with Gasteiger partial charge < -0.3 is 14.8 Å². The summed E-state index contributed by atoms with van der Waals surface area (Å²) in [7, 11) is 2.47. The molecule has 0 saturated heterocycles. The highest BCUT2D eigenvalue weighted by Crippen LogP contribution is 2.33. The van der Waals surface area contributed by atoms with Crippen LogP contribution in [0.2, 0.25) is 0 Å². The SMILES string of the molecule is COC(=O)c1cc(NC(=O)CSc2nnc(-c3csc(C(C)C)c3)n2C(C)C)cc(C(=O)OC)c1. The van der Waals surface area contributed by atoms with Gasteiger partial charge in [-0.1, -0.05) is 25.6 Å². The van der Waals surface area contributed by atoms with Crippen LogP contribution in [0, 0.1) is 0 Å². The van der Waals surface area contributed by atoms with Crippen LogP contribution in [0.5, 0.6) is 0 Å². The predicted octanol–water partition coefficient (Wildman–Crippen LogP) is 5.01. The van der Waals surface area contributed by atoms with E-state index in [1.165, 1.54) is 49.1 Å². The third-order valence-corrected chi connectivity index (χ3v) is 7.20. The number of nitrogens with zero attached hydrogens (tertiary/aromatic N) is 3. The molecule has 1 aromatic carbocycles. The van der Waals surface area contributed by atoms with Crippen LogP contribution < -0.4 is 5.32 Å². The number of aromatic nitrogens is 3. The van der Waals surface area contributed by atoms with E-state index in [4.69, 9.17) is 9.47 Å². The molecule has 1 N–H and O–H groups in total. The molecule has 1 amide bonds. The maximum atomic E-state index is 12.7. The average molecular weight is 517 g/mol. The Labute approximate surface area is 212 Å². The van der Waals surface area contributed by atoms with Gasteiger partial charge in [0.1, 0.15) is 0 Å². The first kappa shape index (κ1) is 26.4. The normalized spacial score (nSPS) is 11.1. The van der Waals surface area contributed by atoms with E-state index in [1.54, 1.807) is 11.3 Å². The number of thiophene rings is 1. The number of ether oxygens (including phenoxy) is 2. The second-order valence-corrected chi connectivity index (χ2v) is 10.2. The van der Waals surface area contributed by atoms with Gasteiger partial charge in [0.15, 0.2) is 11.0 Å². The van der Waals surface area contributed by atoms with Gasteiger partial charge in [0, 0.05) is 27.5 Å². The number of amides is 1. The number of rotatable bonds is 9. The summed E-state index contributed by atoms with van der Waals surface area (Å²) in [5, 5.41) is 14.1. The van der Waals surface area contributed by atoms with Gasteiger partial charge in [-0.3, -0.25) is 9.36 Å². The Balaban J connectivity index is 1.77. The van der Waals surface area contributed by atoms with Crippen molar-refractivity contribution in [2.24, 2.45) is 0 Å². The van der Waals surface area contributed by atoms with Crippen molar-refractivity contribution in [3.8, 4) is 11.4 Å². The number of anilines is 1. The Morgan fingerprint density at radius 1 is 1.00 bits per heavy atom. The van der Waals surface area contributed by atoms with Crippen molar-refractivity contribution >= 4 is 46.6 Å². The molecular formula is C24H28N4O5S2. The smallest absolute Gasteiger partial charge is 0.337 e. The number of thioether (sulfide) groups is 1. The van der Waals surface area contributed by atoms with E-state index in [9.17, 15) is 14.4 Å². The minimum atomic E-state index is -0.632. The molecule has 186 valence electrons. The second-order valence-electron chi connectivity index (χ2n) is 8.28. The van der Waals surface area contributed by atoms with Crippen molar-refractivity contribution in [1.29, 1.82) is 0 Å². The van der Waals surface area contributed by atoms with Crippen LogP contribution >= 0.6 is 23.1 Å². The molecule has 3 aromatic rings. The van der Waals surface area contributed by atoms with Gasteiger partial charge in [-0.25, -0.2) is 9.59 Å². The van der Waals surface area contributed by atoms with Crippen LogP contribution in [-0.2, 0) is 14.3 Å². The van der Waals surface area contributed by atoms with Gasteiger partial charge in [0.2, 0.25) is 5.91 Å². The summed E-state index contributed by atoms with van der Waals surface area (Å²) < 4.78 is 11.5. The summed E-state index contributed by atoms with van der Waals surface area (Å²) in [4.78, 5) is 37.9. The molecule has 0 aliphatic heterocycles. The summed E-state index contributed by atoms with van der Waals surface area (Å²) in [6, 6.07) is 6.46. The molecule has 0 atom stereocenters. The lowest BCUT2D eigenvalue weighted by Gasteiger charge is -2.13. The topological polar surface area (TPSA) is 112 Å². The quantitative estimate of drug-likeness (QED) is 0.312. The highest BCUT2D eigenvalue weighted by molar-refractivity contribution is 7.99. The van der Waals surface area contributed by atoms with E-state index < -0.39 is 11.9 Å². The van der Waals surface area contributed by atoms with E-state index in [0.29, 0.717) is 11.1 Å². The Bertz CT molecular complexity index is 1200. The first-order valence-electron chi connectivity index (χ1n) is 10.9. The molecule has 3 rings (SSSR count). The van der Waals surface area contributed by atoms with E-state index in [0.717, 1.165) is 11.4 Å². The summed E-state index contributed by atoms with van der Waals surface area (Å²) in [6.07, 6.45) is 0. The van der Waals surface area contributed by atoms with Crippen LogP contribution in [0.3, 0.4) is 0 Å². The van der Waals surface area contributed by atoms with Gasteiger partial charge in [0.25, 0.3) is 0 Å². The fourth-order valence-corrected chi connectivity index (χ4v) is 5.08. The molecule has 2 aromatic heterocycles. The lowest BCUT2D eigenvalue weighted by Crippen LogP contribution is -2.16. The summed E-state index contributed by atoms with van der Waals surface area (Å²) in [6.45, 7) is 8.38. The summed E-state index contributed by atoms with van der Waals surface area (Å²) in [5.74, 6) is -0.342. The van der Waals surface area contributed by atoms with Crippen LogP contribution in [0.4, 0.5) is 5.69 Å². The monoisotopic (exact) mass is 516 g/mol. The molecule has 0 unspecified atom stereocenters. The minimum Gasteiger partial charge on any atom is -0.465 e. The standard InChI is InChI=1S/C24H28N4O5S2/c1-13(2)19-10-17(11-34-19)21-26-27-24(28(21)14(3)4)35-12-20(29)25-18-8-15(22(30)32-5)7-16(9-18)23(31)33-6/h7-11,13-14H,12H2,1-6H3,(H,25,29). The van der Waals surface area contributed by atoms with Crippen molar-refractivity contribution in [2.75, 3.05) is 25.3 Å². The molecule has 0 radical (unpaired) electrons. The van der Waals surface area contributed by atoms with Crippen molar-refractivity contribution in [2.45, 2.75) is 44.8 Å². The first-order chi connectivity index (χ1) is 16.6. The van der Waals surface area contributed by atoms with E-state index >= 15 is 0 Å². The highest BCUT2D eigenvalue weighted by atomic mass is 32.2. The lowest BCUT2D eigenvalue weighted by atomic mass is 10.1. The Morgan fingerprint density at radius 3 is 2.14 bits per heavy atom. The third-order valence-electron chi connectivity index (χ3n) is 5.02. The molecular weight excluding hydrogens is 488 g/mol. The lowest BCUT2D eigenvalue weighted by molar-refractivity contribution is -0.113. The van der Waals surface area contributed by atoms with Gasteiger partial charge in [-0.05, 0) is 44.0 Å². The van der Waals surface area contributed by atoms with Crippen LogP contribution in [-0.4, -0.2) is 52.6 Å². The molecule has 11 heteroatoms. The number of methoxy groups -OCH3 is 2. The van der Waals surface area contributed by atoms with Crippen LogP contribution in [0.1, 0.15) is 65.2 Å². The fraction of sp³-hybridized carbons (Fsp3) is 0.375. The molecule has 0 aliphatic carbocycles. The zero-order valence-corrected chi connectivity index (χ0v) is 22.1. The van der Waals surface area contributed by atoms with Crippen molar-refractivity contribution in [3.63, 3.8) is 0 Å². The van der Waals surface area contributed by atoms with Crippen molar-refractivity contribution in [3.05, 3.63) is 45.6 Å². The average Bonchev–Trinajstić information content (AvgIpc) is 3.48. The Hall–Kier alpha value is -3.18. The number of nitrogens with one attached hydrogen (secondary N) is 1. The van der Waals surface area contributed by atoms with Crippen LogP contribution in [0.15, 0.2) is 34.8 Å². The third kappa shape index (κ3) is 6.29. The summed E-state index contributed by atoms with van der Waals surface area (Å²) >= 11 is 2.95. The molecule has 35 heavy (non-hydrogen) atoms. The Morgan fingerprint density at radius 2 is 1.63 bits per heavy atom. The van der Waals surface area contributed by atoms with E-state index in [2.05, 4.69) is 40.8 Å². The predicted molar refractivity (Wildman–Crippen MR) is 136 cm³/mol. The zero-order valence-electron chi connectivity index (χ0n) is 20.4. The van der Waals surface area contributed by atoms with Crippen LogP contribution in [0.25, 0.3) is 11.4 Å². The van der Waals surface area contributed by atoms with Crippen molar-refractivity contribution < 1.29 is 23.9 Å². The van der Waals surface area contributed by atoms with Gasteiger partial charge in [-0.2, -0.15) is 0 Å². The first-order valence-corrected chi connectivity index (χ1v) is 12.8. The fourth-order valence-electron chi connectivity index (χ4n) is 3.31. The molecule has 9 nitrogen and oxygen atoms in total.